The van der Waals surface area contributed by atoms with E-state index in [9.17, 15) is 9.59 Å². The van der Waals surface area contributed by atoms with Crippen LogP contribution >= 0.6 is 11.3 Å². The Hall–Kier alpha value is -2.34. The Morgan fingerprint density at radius 1 is 1.43 bits per heavy atom. The fourth-order valence-corrected chi connectivity index (χ4v) is 4.40. The van der Waals surface area contributed by atoms with Gasteiger partial charge in [-0.2, -0.15) is 4.57 Å². The molecular formula is C17H16N3O2S+. The first kappa shape index (κ1) is 14.3. The minimum atomic E-state index is -0.0484. The summed E-state index contributed by atoms with van der Waals surface area (Å²) in [6.07, 6.45) is 6.81. The number of ketones is 1. The molecule has 23 heavy (non-hydrogen) atoms. The van der Waals surface area contributed by atoms with E-state index in [4.69, 9.17) is 0 Å². The van der Waals surface area contributed by atoms with E-state index in [2.05, 4.69) is 9.97 Å². The second kappa shape index (κ2) is 5.38. The van der Waals surface area contributed by atoms with Crippen molar-refractivity contribution in [2.45, 2.75) is 32.7 Å². The number of H-pyrrole nitrogens is 1. The standard InChI is InChI=1S/C17H15N3O2S/c1-10(21)11-4-3-7-20(8-11)9-14-18-16(22)15-12-5-2-6-13(12)23-17(15)19-14/h3-4,7-8H,2,5-6,9H2,1H3/p+1. The summed E-state index contributed by atoms with van der Waals surface area (Å²) in [5.41, 5.74) is 1.79. The number of rotatable bonds is 3. The third kappa shape index (κ3) is 2.49. The van der Waals surface area contributed by atoms with Crippen LogP contribution in [-0.4, -0.2) is 15.8 Å². The summed E-state index contributed by atoms with van der Waals surface area (Å²) in [5.74, 6) is 0.638. The maximum Gasteiger partial charge on any atom is 0.260 e. The largest absolute Gasteiger partial charge is 0.305 e. The third-order valence-electron chi connectivity index (χ3n) is 4.22. The quantitative estimate of drug-likeness (QED) is 0.591. The average molecular weight is 326 g/mol. The molecule has 0 aromatic carbocycles. The highest BCUT2D eigenvalue weighted by Crippen LogP contribution is 2.34. The number of aromatic nitrogens is 3. The van der Waals surface area contributed by atoms with Crippen molar-refractivity contribution in [2.24, 2.45) is 0 Å². The van der Waals surface area contributed by atoms with Crippen LogP contribution in [0, 0.1) is 0 Å². The van der Waals surface area contributed by atoms with Gasteiger partial charge in [-0.3, -0.25) is 9.59 Å². The van der Waals surface area contributed by atoms with E-state index < -0.39 is 0 Å². The van der Waals surface area contributed by atoms with Gasteiger partial charge >= 0.3 is 0 Å². The van der Waals surface area contributed by atoms with Crippen LogP contribution in [-0.2, 0) is 19.4 Å². The first-order valence-corrected chi connectivity index (χ1v) is 8.47. The minimum absolute atomic E-state index is 0.0194. The van der Waals surface area contributed by atoms with Gasteiger partial charge in [-0.25, -0.2) is 4.98 Å². The van der Waals surface area contributed by atoms with Crippen molar-refractivity contribution < 1.29 is 9.36 Å². The van der Waals surface area contributed by atoms with Gasteiger partial charge in [0.25, 0.3) is 5.56 Å². The summed E-state index contributed by atoms with van der Waals surface area (Å²) < 4.78 is 1.86. The number of hydrogen-bond donors (Lipinski definition) is 1. The summed E-state index contributed by atoms with van der Waals surface area (Å²) in [6.45, 7) is 1.98. The van der Waals surface area contributed by atoms with E-state index in [1.54, 1.807) is 30.5 Å². The van der Waals surface area contributed by atoms with Crippen molar-refractivity contribution in [3.63, 3.8) is 0 Å². The second-order valence-corrected chi connectivity index (χ2v) is 6.95. The Labute approximate surface area is 136 Å². The summed E-state index contributed by atoms with van der Waals surface area (Å²) in [4.78, 5) is 33.6. The lowest BCUT2D eigenvalue weighted by Gasteiger charge is -2.00. The molecule has 5 nitrogen and oxygen atoms in total. The molecule has 3 aromatic rings. The van der Waals surface area contributed by atoms with Gasteiger partial charge in [0.2, 0.25) is 6.54 Å². The SMILES string of the molecule is CC(=O)c1ccc[n+](Cc2nc3sc4c(c3c(=O)[nH]2)CCC4)c1. The van der Waals surface area contributed by atoms with Crippen molar-refractivity contribution >= 4 is 27.3 Å². The molecule has 0 aliphatic heterocycles. The number of pyridine rings is 1. The van der Waals surface area contributed by atoms with Gasteiger partial charge in [0.05, 0.1) is 10.9 Å². The van der Waals surface area contributed by atoms with E-state index in [0.717, 1.165) is 29.5 Å². The fourth-order valence-electron chi connectivity index (χ4n) is 3.12. The molecule has 0 bridgehead atoms. The topological polar surface area (TPSA) is 66.7 Å². The van der Waals surface area contributed by atoms with Gasteiger partial charge < -0.3 is 4.98 Å². The van der Waals surface area contributed by atoms with Crippen LogP contribution in [0.2, 0.25) is 0 Å². The maximum absolute atomic E-state index is 12.4. The van der Waals surface area contributed by atoms with Crippen molar-refractivity contribution in [2.75, 3.05) is 0 Å². The number of nitrogens with zero attached hydrogens (tertiary/aromatic N) is 2. The predicted octanol–water partition coefficient (Wildman–Crippen LogP) is 2.01. The van der Waals surface area contributed by atoms with Crippen LogP contribution < -0.4 is 10.1 Å². The highest BCUT2D eigenvalue weighted by atomic mass is 32.1. The third-order valence-corrected chi connectivity index (χ3v) is 5.41. The molecular weight excluding hydrogens is 310 g/mol. The molecule has 0 fully saturated rings. The van der Waals surface area contributed by atoms with E-state index >= 15 is 0 Å². The number of Topliss-reactive ketones (excluding diaryl/α,β-unsaturated/α-hetero) is 1. The molecule has 1 N–H and O–H groups in total. The predicted molar refractivity (Wildman–Crippen MR) is 88.0 cm³/mol. The Morgan fingerprint density at radius 3 is 3.13 bits per heavy atom. The van der Waals surface area contributed by atoms with Crippen molar-refractivity contribution in [1.29, 1.82) is 0 Å². The lowest BCUT2D eigenvalue weighted by Crippen LogP contribution is -2.36. The molecule has 4 rings (SSSR count). The zero-order valence-corrected chi connectivity index (χ0v) is 13.6. The lowest BCUT2D eigenvalue weighted by molar-refractivity contribution is -0.689. The van der Waals surface area contributed by atoms with Crippen molar-refractivity contribution in [3.05, 3.63) is 56.7 Å². The highest BCUT2D eigenvalue weighted by molar-refractivity contribution is 7.18. The van der Waals surface area contributed by atoms with Gasteiger partial charge in [-0.15, -0.1) is 11.3 Å². The van der Waals surface area contributed by atoms with Crippen LogP contribution in [0.3, 0.4) is 0 Å². The summed E-state index contributed by atoms with van der Waals surface area (Å²) >= 11 is 1.64. The number of hydrogen-bond acceptors (Lipinski definition) is 4. The van der Waals surface area contributed by atoms with Gasteiger partial charge in [0, 0.05) is 10.9 Å². The summed E-state index contributed by atoms with van der Waals surface area (Å²) in [7, 11) is 0. The van der Waals surface area contributed by atoms with Gasteiger partial charge in [-0.05, 0) is 37.8 Å². The molecule has 0 amide bonds. The molecule has 3 aromatic heterocycles. The van der Waals surface area contributed by atoms with Gasteiger partial charge in [0.15, 0.2) is 24.0 Å². The molecule has 116 valence electrons. The lowest BCUT2D eigenvalue weighted by atomic mass is 10.2. The molecule has 0 unspecified atom stereocenters. The highest BCUT2D eigenvalue weighted by Gasteiger charge is 2.21. The molecule has 0 spiro atoms. The first-order chi connectivity index (χ1) is 11.1. The number of nitrogens with one attached hydrogen (secondary N) is 1. The maximum atomic E-state index is 12.4. The smallest absolute Gasteiger partial charge is 0.260 e. The van der Waals surface area contributed by atoms with E-state index in [1.165, 1.54) is 10.4 Å². The zero-order chi connectivity index (χ0) is 16.0. The normalized spacial score (nSPS) is 13.4. The zero-order valence-electron chi connectivity index (χ0n) is 12.8. The Morgan fingerprint density at radius 2 is 2.30 bits per heavy atom. The summed E-state index contributed by atoms with van der Waals surface area (Å²) in [5, 5.41) is 0.772. The molecule has 0 saturated carbocycles. The molecule has 0 saturated heterocycles. The number of fused-ring (bicyclic) bond motifs is 3. The Kier molecular flexibility index (Phi) is 3.34. The number of carbonyl (C=O) groups is 1. The molecule has 0 radical (unpaired) electrons. The van der Waals surface area contributed by atoms with Gasteiger partial charge in [0.1, 0.15) is 4.83 Å². The van der Waals surface area contributed by atoms with Crippen LogP contribution in [0.5, 0.6) is 0 Å². The molecule has 1 aliphatic rings. The first-order valence-electron chi connectivity index (χ1n) is 7.65. The number of aryl methyl sites for hydroxylation is 2. The van der Waals surface area contributed by atoms with Crippen molar-refractivity contribution in [3.8, 4) is 0 Å². The van der Waals surface area contributed by atoms with Gasteiger partial charge in [-0.1, -0.05) is 0 Å². The van der Waals surface area contributed by atoms with Crippen LogP contribution in [0.25, 0.3) is 10.2 Å². The Bertz CT molecular complexity index is 987. The number of thiophene rings is 1. The fraction of sp³-hybridized carbons (Fsp3) is 0.294. The monoisotopic (exact) mass is 326 g/mol. The molecule has 1 aliphatic carbocycles. The van der Waals surface area contributed by atoms with E-state index in [-0.39, 0.29) is 11.3 Å². The summed E-state index contributed by atoms with van der Waals surface area (Å²) in [6, 6.07) is 3.61. The van der Waals surface area contributed by atoms with Crippen LogP contribution in [0.1, 0.15) is 40.0 Å². The minimum Gasteiger partial charge on any atom is -0.305 e. The van der Waals surface area contributed by atoms with Crippen molar-refractivity contribution in [1.82, 2.24) is 9.97 Å². The van der Waals surface area contributed by atoms with E-state index in [0.29, 0.717) is 17.9 Å². The van der Waals surface area contributed by atoms with E-state index in [1.807, 2.05) is 16.8 Å². The molecule has 6 heteroatoms. The number of carbonyl (C=O) groups excluding carboxylic acids is 1. The Balaban J connectivity index is 1.74. The number of aromatic amines is 1. The molecule has 3 heterocycles. The average Bonchev–Trinajstić information content (AvgIpc) is 3.07. The van der Waals surface area contributed by atoms with Crippen LogP contribution in [0.15, 0.2) is 29.3 Å². The van der Waals surface area contributed by atoms with Crippen LogP contribution in [0.4, 0.5) is 0 Å². The molecule has 0 atom stereocenters. The second-order valence-electron chi connectivity index (χ2n) is 5.87.